The van der Waals surface area contributed by atoms with Crippen molar-refractivity contribution >= 4 is 23.5 Å². The van der Waals surface area contributed by atoms with Crippen molar-refractivity contribution in [2.24, 2.45) is 5.73 Å². The maximum absolute atomic E-state index is 13.9. The molecule has 0 unspecified atom stereocenters. The summed E-state index contributed by atoms with van der Waals surface area (Å²) >= 11 is 0. The van der Waals surface area contributed by atoms with E-state index >= 15 is 0 Å². The van der Waals surface area contributed by atoms with Gasteiger partial charge in [0.25, 0.3) is 0 Å². The number of amides is 1. The summed E-state index contributed by atoms with van der Waals surface area (Å²) in [5.41, 5.74) is 4.21. The molecule has 9 nitrogen and oxygen atoms in total. The summed E-state index contributed by atoms with van der Waals surface area (Å²) < 4.78 is 15.7. The molecular formula is C23H21N3O6. The van der Waals surface area contributed by atoms with E-state index in [2.05, 4.69) is 5.92 Å². The average molecular weight is 435 g/mol. The average Bonchev–Trinajstić information content (AvgIpc) is 2.98. The number of terminal acetylenes is 1. The summed E-state index contributed by atoms with van der Waals surface area (Å²) in [6.07, 6.45) is 4.98. The minimum atomic E-state index is -1.97. The summed E-state index contributed by atoms with van der Waals surface area (Å²) in [5, 5.41) is 9.98. The number of hydrogen-bond acceptors (Lipinski definition) is 8. The molecule has 2 N–H and O–H groups in total. The van der Waals surface area contributed by atoms with Gasteiger partial charge in [-0.05, 0) is 19.9 Å². The number of carbonyl (C=O) groups excluding carboxylic acids is 3. The van der Waals surface area contributed by atoms with Gasteiger partial charge in [-0.25, -0.2) is 4.79 Å². The predicted molar refractivity (Wildman–Crippen MR) is 112 cm³/mol. The van der Waals surface area contributed by atoms with Crippen LogP contribution < -0.4 is 10.6 Å². The van der Waals surface area contributed by atoms with Gasteiger partial charge in [0.2, 0.25) is 11.8 Å². The van der Waals surface area contributed by atoms with Crippen LogP contribution in [-0.2, 0) is 34.0 Å². The van der Waals surface area contributed by atoms with E-state index in [1.54, 1.807) is 38.1 Å². The molecule has 32 heavy (non-hydrogen) atoms. The zero-order chi connectivity index (χ0) is 23.5. The molecule has 0 radical (unpaired) electrons. The smallest absolute Gasteiger partial charge is 0.339 e. The molecule has 164 valence electrons. The number of hydrogen-bond donors (Lipinski definition) is 1. The van der Waals surface area contributed by atoms with Crippen LogP contribution in [0.5, 0.6) is 0 Å². The van der Waals surface area contributed by atoms with Crippen molar-refractivity contribution in [3.8, 4) is 18.4 Å². The van der Waals surface area contributed by atoms with Gasteiger partial charge < -0.3 is 19.9 Å². The Labute approximate surface area is 185 Å². The molecule has 1 amide bonds. The number of benzene rings is 1. The highest BCUT2D eigenvalue weighted by atomic mass is 16.5. The molecule has 1 atom stereocenters. The largest absolute Gasteiger partial charge is 0.466 e. The zero-order valence-electron chi connectivity index (χ0n) is 17.6. The molecule has 0 aliphatic carbocycles. The lowest BCUT2D eigenvalue weighted by molar-refractivity contribution is -0.143. The van der Waals surface area contributed by atoms with E-state index in [1.165, 1.54) is 4.90 Å². The molecule has 3 rings (SSSR count). The minimum absolute atomic E-state index is 0.0178. The number of nitriles is 1. The first kappa shape index (κ1) is 22.4. The Bertz CT molecular complexity index is 1140. The van der Waals surface area contributed by atoms with Crippen molar-refractivity contribution < 1.29 is 28.6 Å². The molecule has 1 aromatic rings. The van der Waals surface area contributed by atoms with E-state index in [-0.39, 0.29) is 36.7 Å². The SMILES string of the molecule is C#CCN1C(=O)[C@@]2(C(C#N)=C(N)OC(CC(=O)OCC)=C2C(=O)OCC)c2ccccc21. The number of ether oxygens (including phenoxy) is 3. The molecule has 0 saturated heterocycles. The molecule has 0 saturated carbocycles. The van der Waals surface area contributed by atoms with Crippen molar-refractivity contribution in [2.45, 2.75) is 25.7 Å². The fourth-order valence-corrected chi connectivity index (χ4v) is 4.02. The first-order chi connectivity index (χ1) is 15.4. The molecule has 9 heteroatoms. The first-order valence-corrected chi connectivity index (χ1v) is 9.87. The standard InChI is InChI=1S/C23H21N3O6/c1-4-11-26-16-10-8-7-9-14(16)23(22(26)29)15(13-24)20(25)32-17(12-18(27)30-5-2)19(23)21(28)31-6-3/h1,7-10H,5-6,11-12,25H2,2-3H3/t23-/m1/s1. The summed E-state index contributed by atoms with van der Waals surface area (Å²) in [7, 11) is 0. The van der Waals surface area contributed by atoms with Gasteiger partial charge in [-0.1, -0.05) is 24.1 Å². The Morgan fingerprint density at radius 2 is 1.94 bits per heavy atom. The third kappa shape index (κ3) is 3.25. The molecule has 0 aromatic heterocycles. The fraction of sp³-hybridized carbons (Fsp3) is 0.304. The van der Waals surface area contributed by atoms with Gasteiger partial charge in [0.1, 0.15) is 29.4 Å². The highest BCUT2D eigenvalue weighted by Crippen LogP contribution is 2.54. The Hall–Kier alpha value is -4.24. The molecule has 2 aliphatic heterocycles. The lowest BCUT2D eigenvalue weighted by atomic mass is 9.68. The summed E-state index contributed by atoms with van der Waals surface area (Å²) in [4.78, 5) is 40.6. The Morgan fingerprint density at radius 1 is 1.25 bits per heavy atom. The Kier molecular flexibility index (Phi) is 6.22. The fourth-order valence-electron chi connectivity index (χ4n) is 4.02. The van der Waals surface area contributed by atoms with E-state index < -0.39 is 35.6 Å². The van der Waals surface area contributed by atoms with E-state index in [1.807, 2.05) is 6.07 Å². The number of anilines is 1. The van der Waals surface area contributed by atoms with Crippen molar-refractivity contribution in [3.05, 3.63) is 52.6 Å². The van der Waals surface area contributed by atoms with Crippen LogP contribution >= 0.6 is 0 Å². The second-order valence-corrected chi connectivity index (χ2v) is 6.82. The van der Waals surface area contributed by atoms with Crippen molar-refractivity contribution in [1.82, 2.24) is 0 Å². The van der Waals surface area contributed by atoms with Crippen LogP contribution in [0.25, 0.3) is 0 Å². The number of nitrogens with two attached hydrogens (primary N) is 1. The molecule has 0 fully saturated rings. The molecule has 0 bridgehead atoms. The van der Waals surface area contributed by atoms with Gasteiger partial charge in [0.15, 0.2) is 5.41 Å². The van der Waals surface area contributed by atoms with Crippen LogP contribution in [0.15, 0.2) is 47.1 Å². The number of fused-ring (bicyclic) bond motifs is 2. The second-order valence-electron chi connectivity index (χ2n) is 6.82. The van der Waals surface area contributed by atoms with Crippen LogP contribution in [0, 0.1) is 23.7 Å². The summed E-state index contributed by atoms with van der Waals surface area (Å²) in [6, 6.07) is 8.51. The highest BCUT2D eigenvalue weighted by Gasteiger charge is 2.62. The van der Waals surface area contributed by atoms with Crippen LogP contribution in [0.2, 0.25) is 0 Å². The van der Waals surface area contributed by atoms with E-state index in [4.69, 9.17) is 26.4 Å². The maximum atomic E-state index is 13.9. The quantitative estimate of drug-likeness (QED) is 0.524. The summed E-state index contributed by atoms with van der Waals surface area (Å²) in [5.74, 6) is -0.486. The number of nitrogens with zero attached hydrogens (tertiary/aromatic N) is 2. The number of rotatable bonds is 6. The topological polar surface area (TPSA) is 132 Å². The zero-order valence-corrected chi connectivity index (χ0v) is 17.6. The van der Waals surface area contributed by atoms with Crippen LogP contribution in [0.4, 0.5) is 5.69 Å². The first-order valence-electron chi connectivity index (χ1n) is 9.87. The number of esters is 2. The third-order valence-electron chi connectivity index (χ3n) is 5.12. The summed E-state index contributed by atoms with van der Waals surface area (Å²) in [6.45, 7) is 3.18. The maximum Gasteiger partial charge on any atom is 0.339 e. The molecule has 1 spiro atoms. The highest BCUT2D eigenvalue weighted by molar-refractivity contribution is 6.19. The van der Waals surface area contributed by atoms with Crippen LogP contribution in [-0.4, -0.2) is 37.6 Å². The second kappa shape index (κ2) is 8.86. The van der Waals surface area contributed by atoms with Gasteiger partial charge >= 0.3 is 11.9 Å². The van der Waals surface area contributed by atoms with Gasteiger partial charge in [0.05, 0.1) is 19.8 Å². The van der Waals surface area contributed by atoms with Crippen molar-refractivity contribution in [3.63, 3.8) is 0 Å². The van der Waals surface area contributed by atoms with Gasteiger partial charge in [-0.2, -0.15) is 5.26 Å². The number of para-hydroxylation sites is 1. The van der Waals surface area contributed by atoms with Gasteiger partial charge in [-0.15, -0.1) is 6.42 Å². The minimum Gasteiger partial charge on any atom is -0.466 e. The van der Waals surface area contributed by atoms with Crippen LogP contribution in [0.1, 0.15) is 25.8 Å². The molecule has 2 heterocycles. The molecule has 1 aromatic carbocycles. The van der Waals surface area contributed by atoms with Crippen molar-refractivity contribution in [2.75, 3.05) is 24.7 Å². The number of carbonyl (C=O) groups is 3. The van der Waals surface area contributed by atoms with E-state index in [0.29, 0.717) is 11.3 Å². The molecular weight excluding hydrogens is 414 g/mol. The van der Waals surface area contributed by atoms with Gasteiger partial charge in [-0.3, -0.25) is 14.5 Å². The lowest BCUT2D eigenvalue weighted by Gasteiger charge is -2.35. The van der Waals surface area contributed by atoms with Crippen molar-refractivity contribution in [1.29, 1.82) is 5.26 Å². The van der Waals surface area contributed by atoms with E-state index in [0.717, 1.165) is 0 Å². The monoisotopic (exact) mass is 435 g/mol. The van der Waals surface area contributed by atoms with Crippen LogP contribution in [0.3, 0.4) is 0 Å². The normalized spacial score (nSPS) is 19.2. The Morgan fingerprint density at radius 3 is 2.56 bits per heavy atom. The van der Waals surface area contributed by atoms with E-state index in [9.17, 15) is 19.6 Å². The lowest BCUT2D eigenvalue weighted by Crippen LogP contribution is -2.49. The van der Waals surface area contributed by atoms with Gasteiger partial charge in [0, 0.05) is 11.3 Å². The Balaban J connectivity index is 2.40. The molecule has 2 aliphatic rings. The third-order valence-corrected chi connectivity index (χ3v) is 5.12. The predicted octanol–water partition coefficient (Wildman–Crippen LogP) is 1.40.